The Bertz CT molecular complexity index is 352. The van der Waals surface area contributed by atoms with Gasteiger partial charge in [-0.3, -0.25) is 4.79 Å². The molecule has 1 fully saturated rings. The van der Waals surface area contributed by atoms with Gasteiger partial charge >= 0.3 is 12.0 Å². The lowest BCUT2D eigenvalue weighted by atomic mass is 9.99. The predicted molar refractivity (Wildman–Crippen MR) is 82.3 cm³/mol. The molecule has 0 saturated carbocycles. The number of carbonyl (C=O) groups is 2. The Hall–Kier alpha value is -1.30. The number of carbonyl (C=O) groups excluding carboxylic acids is 1. The molecule has 1 saturated heterocycles. The standard InChI is InChI=1S/C15H29N3O3/c1-12(11-18-8-4-5-9-18)10-16-14(21)17-15(2,3)7-6-13(19)20/h12H,4-11H2,1-3H3,(H,19,20)(H2,16,17,21). The van der Waals surface area contributed by atoms with Crippen molar-refractivity contribution in [1.82, 2.24) is 15.5 Å². The van der Waals surface area contributed by atoms with E-state index in [9.17, 15) is 9.59 Å². The van der Waals surface area contributed by atoms with E-state index in [2.05, 4.69) is 22.5 Å². The number of amides is 2. The van der Waals surface area contributed by atoms with Crippen LogP contribution in [0.2, 0.25) is 0 Å². The number of rotatable bonds is 8. The van der Waals surface area contributed by atoms with Gasteiger partial charge in [-0.05, 0) is 52.1 Å². The summed E-state index contributed by atoms with van der Waals surface area (Å²) in [5.41, 5.74) is -0.513. The van der Waals surface area contributed by atoms with Gasteiger partial charge in [0.1, 0.15) is 0 Å². The van der Waals surface area contributed by atoms with Crippen molar-refractivity contribution in [3.05, 3.63) is 0 Å². The molecule has 0 radical (unpaired) electrons. The maximum Gasteiger partial charge on any atom is 0.315 e. The van der Waals surface area contributed by atoms with Gasteiger partial charge in [-0.15, -0.1) is 0 Å². The Morgan fingerprint density at radius 2 is 1.90 bits per heavy atom. The van der Waals surface area contributed by atoms with E-state index < -0.39 is 11.5 Å². The van der Waals surface area contributed by atoms with Gasteiger partial charge in [0.2, 0.25) is 0 Å². The second kappa shape index (κ2) is 8.22. The van der Waals surface area contributed by atoms with Gasteiger partial charge in [0.05, 0.1) is 0 Å². The minimum Gasteiger partial charge on any atom is -0.481 e. The van der Waals surface area contributed by atoms with E-state index in [-0.39, 0.29) is 12.5 Å². The van der Waals surface area contributed by atoms with Gasteiger partial charge in [-0.2, -0.15) is 0 Å². The van der Waals surface area contributed by atoms with E-state index in [4.69, 9.17) is 5.11 Å². The third kappa shape index (κ3) is 7.90. The van der Waals surface area contributed by atoms with Crippen LogP contribution >= 0.6 is 0 Å². The molecule has 0 bridgehead atoms. The minimum absolute atomic E-state index is 0.0542. The van der Waals surface area contributed by atoms with Gasteiger partial charge in [0.25, 0.3) is 0 Å². The number of nitrogens with one attached hydrogen (secondary N) is 2. The van der Waals surface area contributed by atoms with Crippen LogP contribution in [0.4, 0.5) is 4.79 Å². The number of nitrogens with zero attached hydrogens (tertiary/aromatic N) is 1. The maximum atomic E-state index is 11.9. The van der Waals surface area contributed by atoms with Crippen LogP contribution < -0.4 is 10.6 Å². The topological polar surface area (TPSA) is 81.7 Å². The van der Waals surface area contributed by atoms with Crippen molar-refractivity contribution in [2.45, 2.75) is 52.0 Å². The summed E-state index contributed by atoms with van der Waals surface area (Å²) < 4.78 is 0. The molecule has 122 valence electrons. The molecule has 0 spiro atoms. The Kier molecular flexibility index (Phi) is 6.95. The highest BCUT2D eigenvalue weighted by molar-refractivity contribution is 5.74. The highest BCUT2D eigenvalue weighted by Crippen LogP contribution is 2.11. The molecule has 0 aliphatic carbocycles. The first kappa shape index (κ1) is 17.8. The zero-order valence-electron chi connectivity index (χ0n) is 13.4. The summed E-state index contributed by atoms with van der Waals surface area (Å²) in [5, 5.41) is 14.4. The normalized spacial score (nSPS) is 17.5. The predicted octanol–water partition coefficient (Wildman–Crippen LogP) is 1.66. The van der Waals surface area contributed by atoms with Crippen molar-refractivity contribution in [3.8, 4) is 0 Å². The molecular weight excluding hydrogens is 270 g/mol. The van der Waals surface area contributed by atoms with Crippen molar-refractivity contribution >= 4 is 12.0 Å². The van der Waals surface area contributed by atoms with Gasteiger partial charge in [0.15, 0.2) is 0 Å². The van der Waals surface area contributed by atoms with Crippen molar-refractivity contribution in [3.63, 3.8) is 0 Å². The number of likely N-dealkylation sites (tertiary alicyclic amines) is 1. The zero-order valence-corrected chi connectivity index (χ0v) is 13.4. The fourth-order valence-electron chi connectivity index (χ4n) is 2.57. The van der Waals surface area contributed by atoms with Crippen LogP contribution in [0.25, 0.3) is 0 Å². The second-order valence-corrected chi connectivity index (χ2v) is 6.73. The lowest BCUT2D eigenvalue weighted by molar-refractivity contribution is -0.137. The summed E-state index contributed by atoms with van der Waals surface area (Å²) >= 11 is 0. The number of urea groups is 1. The van der Waals surface area contributed by atoms with Gasteiger partial charge in [-0.1, -0.05) is 6.92 Å². The molecule has 21 heavy (non-hydrogen) atoms. The average Bonchev–Trinajstić information content (AvgIpc) is 2.86. The molecule has 1 aliphatic heterocycles. The largest absolute Gasteiger partial charge is 0.481 e. The molecule has 0 aromatic carbocycles. The summed E-state index contributed by atoms with van der Waals surface area (Å²) in [4.78, 5) is 24.9. The van der Waals surface area contributed by atoms with E-state index >= 15 is 0 Å². The quantitative estimate of drug-likeness (QED) is 0.636. The first-order valence-corrected chi connectivity index (χ1v) is 7.79. The van der Waals surface area contributed by atoms with Crippen molar-refractivity contribution in [1.29, 1.82) is 0 Å². The number of hydrogen-bond donors (Lipinski definition) is 3. The molecule has 6 nitrogen and oxygen atoms in total. The van der Waals surface area contributed by atoms with Gasteiger partial charge in [0, 0.05) is 25.0 Å². The molecule has 1 rings (SSSR count). The smallest absolute Gasteiger partial charge is 0.315 e. The highest BCUT2D eigenvalue weighted by atomic mass is 16.4. The maximum absolute atomic E-state index is 11.9. The Balaban J connectivity index is 2.21. The average molecular weight is 299 g/mol. The highest BCUT2D eigenvalue weighted by Gasteiger charge is 2.22. The summed E-state index contributed by atoms with van der Waals surface area (Å²) in [6.45, 7) is 9.79. The Morgan fingerprint density at radius 3 is 2.48 bits per heavy atom. The lowest BCUT2D eigenvalue weighted by Gasteiger charge is -2.26. The van der Waals surface area contributed by atoms with E-state index in [1.165, 1.54) is 25.9 Å². The molecule has 2 amide bonds. The Labute approximate surface area is 127 Å². The molecule has 1 heterocycles. The first-order chi connectivity index (χ1) is 9.78. The third-order valence-corrected chi connectivity index (χ3v) is 3.80. The van der Waals surface area contributed by atoms with Crippen LogP contribution in [-0.2, 0) is 4.79 Å². The van der Waals surface area contributed by atoms with E-state index in [0.717, 1.165) is 6.54 Å². The van der Waals surface area contributed by atoms with Crippen LogP contribution in [0, 0.1) is 5.92 Å². The SMILES string of the molecule is CC(CNC(=O)NC(C)(C)CCC(=O)O)CN1CCCC1. The Morgan fingerprint density at radius 1 is 1.29 bits per heavy atom. The third-order valence-electron chi connectivity index (χ3n) is 3.80. The molecule has 1 atom stereocenters. The monoisotopic (exact) mass is 299 g/mol. The molecule has 6 heteroatoms. The number of carboxylic acids is 1. The summed E-state index contributed by atoms with van der Waals surface area (Å²) in [6, 6.07) is -0.223. The van der Waals surface area contributed by atoms with Crippen molar-refractivity contribution in [2.24, 2.45) is 5.92 Å². The number of aliphatic carboxylic acids is 1. The fourth-order valence-corrected chi connectivity index (χ4v) is 2.57. The van der Waals surface area contributed by atoms with Crippen LogP contribution in [0.5, 0.6) is 0 Å². The summed E-state index contributed by atoms with van der Waals surface area (Å²) in [7, 11) is 0. The summed E-state index contributed by atoms with van der Waals surface area (Å²) in [5.74, 6) is -0.430. The number of carboxylic acid groups (broad SMARTS) is 1. The fraction of sp³-hybridized carbons (Fsp3) is 0.867. The van der Waals surface area contributed by atoms with E-state index in [1.54, 1.807) is 0 Å². The minimum atomic E-state index is -0.843. The number of hydrogen-bond acceptors (Lipinski definition) is 3. The first-order valence-electron chi connectivity index (χ1n) is 7.79. The van der Waals surface area contributed by atoms with Crippen LogP contribution in [0.1, 0.15) is 46.5 Å². The molecule has 1 aliphatic rings. The summed E-state index contributed by atoms with van der Waals surface area (Å²) in [6.07, 6.45) is 3.02. The van der Waals surface area contributed by atoms with Crippen molar-refractivity contribution < 1.29 is 14.7 Å². The molecular formula is C15H29N3O3. The second-order valence-electron chi connectivity index (χ2n) is 6.73. The lowest BCUT2D eigenvalue weighted by Crippen LogP contribution is -2.49. The van der Waals surface area contributed by atoms with Crippen molar-refractivity contribution in [2.75, 3.05) is 26.2 Å². The molecule has 3 N–H and O–H groups in total. The van der Waals surface area contributed by atoms with E-state index in [0.29, 0.717) is 18.9 Å². The molecule has 0 aromatic heterocycles. The van der Waals surface area contributed by atoms with E-state index in [1.807, 2.05) is 13.8 Å². The van der Waals surface area contributed by atoms with Gasteiger partial charge in [-0.25, -0.2) is 4.79 Å². The van der Waals surface area contributed by atoms with Gasteiger partial charge < -0.3 is 20.6 Å². The van der Waals surface area contributed by atoms with Crippen LogP contribution in [0.15, 0.2) is 0 Å². The zero-order chi connectivity index (χ0) is 15.9. The van der Waals surface area contributed by atoms with Crippen LogP contribution in [-0.4, -0.2) is 53.7 Å². The molecule has 1 unspecified atom stereocenters. The van der Waals surface area contributed by atoms with Crippen LogP contribution in [0.3, 0.4) is 0 Å². The molecule has 0 aromatic rings.